The molecule has 4 unspecified atom stereocenters. The number of aliphatic hydroxyl groups is 1. The van der Waals surface area contributed by atoms with E-state index in [9.17, 15) is 5.11 Å². The van der Waals surface area contributed by atoms with Crippen molar-refractivity contribution in [3.63, 3.8) is 0 Å². The van der Waals surface area contributed by atoms with Crippen molar-refractivity contribution in [3.05, 3.63) is 0 Å². The first-order chi connectivity index (χ1) is 6.39. The fourth-order valence-corrected chi connectivity index (χ4v) is 4.44. The van der Waals surface area contributed by atoms with E-state index < -0.39 is 5.60 Å². The largest absolute Gasteiger partial charge is 0.389 e. The van der Waals surface area contributed by atoms with Gasteiger partial charge in [-0.05, 0) is 42.8 Å². The highest BCUT2D eigenvalue weighted by atomic mass is 32.2. The Morgan fingerprint density at radius 1 is 1.29 bits per heavy atom. The van der Waals surface area contributed by atoms with Crippen molar-refractivity contribution >= 4 is 11.8 Å². The standard InChI is InChI=1S/C12H22OS/c1-5-14-10-6-8-9(11(8,2)3)7-12(10,4)13/h8-10,13H,5-7H2,1-4H3. The van der Waals surface area contributed by atoms with Gasteiger partial charge in [-0.3, -0.25) is 0 Å². The van der Waals surface area contributed by atoms with Crippen molar-refractivity contribution in [1.82, 2.24) is 0 Å². The Kier molecular flexibility index (Phi) is 2.43. The Morgan fingerprint density at radius 2 is 1.93 bits per heavy atom. The topological polar surface area (TPSA) is 20.2 Å². The van der Waals surface area contributed by atoms with Gasteiger partial charge in [-0.15, -0.1) is 0 Å². The molecular formula is C12H22OS. The molecule has 14 heavy (non-hydrogen) atoms. The summed E-state index contributed by atoms with van der Waals surface area (Å²) in [5.74, 6) is 2.79. The van der Waals surface area contributed by atoms with Gasteiger partial charge < -0.3 is 5.11 Å². The minimum atomic E-state index is -0.421. The Morgan fingerprint density at radius 3 is 2.50 bits per heavy atom. The molecule has 0 aromatic rings. The normalized spacial score (nSPS) is 49.9. The first-order valence-corrected chi connectivity index (χ1v) is 6.78. The lowest BCUT2D eigenvalue weighted by molar-refractivity contribution is 0.0244. The third-order valence-corrected chi connectivity index (χ3v) is 5.89. The van der Waals surface area contributed by atoms with Crippen molar-refractivity contribution in [2.75, 3.05) is 5.75 Å². The number of thioether (sulfide) groups is 1. The van der Waals surface area contributed by atoms with Crippen LogP contribution in [-0.4, -0.2) is 21.7 Å². The maximum Gasteiger partial charge on any atom is 0.0740 e. The zero-order valence-corrected chi connectivity index (χ0v) is 10.5. The van der Waals surface area contributed by atoms with Gasteiger partial charge in [0.25, 0.3) is 0 Å². The zero-order chi connectivity index (χ0) is 10.6. The second-order valence-corrected chi connectivity index (χ2v) is 7.26. The van der Waals surface area contributed by atoms with Gasteiger partial charge in [-0.1, -0.05) is 20.8 Å². The van der Waals surface area contributed by atoms with Crippen molar-refractivity contribution in [2.24, 2.45) is 17.3 Å². The van der Waals surface area contributed by atoms with Crippen molar-refractivity contribution in [2.45, 2.75) is 51.4 Å². The Labute approximate surface area is 91.7 Å². The van der Waals surface area contributed by atoms with Gasteiger partial charge in [0, 0.05) is 5.25 Å². The predicted molar refractivity (Wildman–Crippen MR) is 62.5 cm³/mol. The SMILES string of the molecule is CCSC1CC2C(CC1(C)O)C2(C)C. The zero-order valence-electron chi connectivity index (χ0n) is 9.71. The van der Waals surface area contributed by atoms with E-state index in [-0.39, 0.29) is 0 Å². The second kappa shape index (κ2) is 3.15. The molecule has 2 saturated carbocycles. The summed E-state index contributed by atoms with van der Waals surface area (Å²) < 4.78 is 0. The van der Waals surface area contributed by atoms with E-state index in [1.165, 1.54) is 6.42 Å². The summed E-state index contributed by atoms with van der Waals surface area (Å²) in [6.07, 6.45) is 2.24. The van der Waals surface area contributed by atoms with Gasteiger partial charge in [-0.25, -0.2) is 0 Å². The molecule has 2 aliphatic rings. The average Bonchev–Trinajstić information content (AvgIpc) is 2.54. The highest BCUT2D eigenvalue weighted by Gasteiger charge is 2.63. The van der Waals surface area contributed by atoms with Crippen molar-refractivity contribution in [1.29, 1.82) is 0 Å². The summed E-state index contributed by atoms with van der Waals surface area (Å²) in [6.45, 7) is 8.94. The van der Waals surface area contributed by atoms with Crippen LogP contribution in [0.15, 0.2) is 0 Å². The van der Waals surface area contributed by atoms with Crippen LogP contribution in [0, 0.1) is 17.3 Å². The number of fused-ring (bicyclic) bond motifs is 1. The first kappa shape index (κ1) is 10.8. The summed E-state index contributed by atoms with van der Waals surface area (Å²) in [6, 6.07) is 0. The summed E-state index contributed by atoms with van der Waals surface area (Å²) >= 11 is 1.94. The predicted octanol–water partition coefficient (Wildman–Crippen LogP) is 2.93. The molecule has 1 N–H and O–H groups in total. The molecule has 2 heteroatoms. The maximum absolute atomic E-state index is 10.4. The summed E-state index contributed by atoms with van der Waals surface area (Å²) in [7, 11) is 0. The second-order valence-electron chi connectivity index (χ2n) is 5.78. The lowest BCUT2D eigenvalue weighted by Crippen LogP contribution is -2.41. The van der Waals surface area contributed by atoms with Crippen molar-refractivity contribution < 1.29 is 5.11 Å². The lowest BCUT2D eigenvalue weighted by atomic mass is 9.86. The molecule has 0 radical (unpaired) electrons. The van der Waals surface area contributed by atoms with Crippen LogP contribution in [0.2, 0.25) is 0 Å². The summed E-state index contributed by atoms with van der Waals surface area (Å²) in [5.41, 5.74) is 0.0860. The first-order valence-electron chi connectivity index (χ1n) is 5.73. The summed E-state index contributed by atoms with van der Waals surface area (Å²) in [4.78, 5) is 0. The Balaban J connectivity index is 2.07. The molecule has 0 aromatic carbocycles. The van der Waals surface area contributed by atoms with Crippen LogP contribution in [0.4, 0.5) is 0 Å². The van der Waals surface area contributed by atoms with Gasteiger partial charge in [0.05, 0.1) is 5.60 Å². The number of hydrogen-bond acceptors (Lipinski definition) is 2. The molecule has 2 rings (SSSR count). The number of hydrogen-bond donors (Lipinski definition) is 1. The van der Waals surface area contributed by atoms with Crippen LogP contribution in [0.25, 0.3) is 0 Å². The van der Waals surface area contributed by atoms with E-state index >= 15 is 0 Å². The molecule has 0 bridgehead atoms. The smallest absolute Gasteiger partial charge is 0.0740 e. The van der Waals surface area contributed by atoms with Crippen LogP contribution < -0.4 is 0 Å². The molecule has 0 amide bonds. The maximum atomic E-state index is 10.4. The van der Waals surface area contributed by atoms with Crippen LogP contribution in [0.5, 0.6) is 0 Å². The molecule has 4 atom stereocenters. The van der Waals surface area contributed by atoms with Crippen LogP contribution in [-0.2, 0) is 0 Å². The lowest BCUT2D eigenvalue weighted by Gasteiger charge is -2.36. The van der Waals surface area contributed by atoms with E-state index in [1.54, 1.807) is 0 Å². The van der Waals surface area contributed by atoms with Gasteiger partial charge in [0.2, 0.25) is 0 Å². The monoisotopic (exact) mass is 214 g/mol. The van der Waals surface area contributed by atoms with E-state index in [0.717, 1.165) is 24.0 Å². The Hall–Kier alpha value is 0.310. The third kappa shape index (κ3) is 1.51. The molecule has 2 aliphatic carbocycles. The van der Waals surface area contributed by atoms with E-state index in [4.69, 9.17) is 0 Å². The fraction of sp³-hybridized carbons (Fsp3) is 1.00. The van der Waals surface area contributed by atoms with Gasteiger partial charge in [0.15, 0.2) is 0 Å². The molecule has 1 nitrogen and oxygen atoms in total. The minimum Gasteiger partial charge on any atom is -0.389 e. The van der Waals surface area contributed by atoms with Crippen molar-refractivity contribution in [3.8, 4) is 0 Å². The highest BCUT2D eigenvalue weighted by molar-refractivity contribution is 7.99. The average molecular weight is 214 g/mol. The van der Waals surface area contributed by atoms with Gasteiger partial charge in [-0.2, -0.15) is 11.8 Å². The fourth-order valence-electron chi connectivity index (χ4n) is 3.24. The molecule has 0 spiro atoms. The molecule has 0 aromatic heterocycles. The molecule has 0 heterocycles. The van der Waals surface area contributed by atoms with Gasteiger partial charge >= 0.3 is 0 Å². The quantitative estimate of drug-likeness (QED) is 0.762. The Bertz CT molecular complexity index is 234. The van der Waals surface area contributed by atoms with Crippen LogP contribution in [0.1, 0.15) is 40.5 Å². The van der Waals surface area contributed by atoms with E-state index in [2.05, 4.69) is 20.8 Å². The molecule has 2 fully saturated rings. The molecule has 82 valence electrons. The molecule has 0 aliphatic heterocycles. The third-order valence-electron chi connectivity index (χ3n) is 4.45. The van der Waals surface area contributed by atoms with Gasteiger partial charge in [0.1, 0.15) is 0 Å². The number of rotatable bonds is 2. The summed E-state index contributed by atoms with van der Waals surface area (Å²) in [5, 5.41) is 10.8. The molecule has 0 saturated heterocycles. The van der Waals surface area contributed by atoms with E-state index in [1.807, 2.05) is 18.7 Å². The highest BCUT2D eigenvalue weighted by Crippen LogP contribution is 2.67. The minimum absolute atomic E-state index is 0.421. The van der Waals surface area contributed by atoms with E-state index in [0.29, 0.717) is 10.7 Å². The van der Waals surface area contributed by atoms with Crippen LogP contribution in [0.3, 0.4) is 0 Å². The van der Waals surface area contributed by atoms with Crippen LogP contribution >= 0.6 is 11.8 Å². The molecular weight excluding hydrogens is 192 g/mol.